The molecule has 2 N–H and O–H groups in total. The topological polar surface area (TPSA) is 41.1 Å². The maximum absolute atomic E-state index is 11.8. The Morgan fingerprint density at radius 1 is 1.00 bits per heavy atom. The molecule has 1 aromatic rings. The van der Waals surface area contributed by atoms with Crippen LogP contribution in [0.5, 0.6) is 0 Å². The van der Waals surface area contributed by atoms with E-state index in [1.54, 1.807) is 0 Å². The van der Waals surface area contributed by atoms with Gasteiger partial charge in [0.2, 0.25) is 5.91 Å². The van der Waals surface area contributed by atoms with Crippen molar-refractivity contribution in [3.63, 3.8) is 0 Å². The summed E-state index contributed by atoms with van der Waals surface area (Å²) in [4.78, 5) is 11.8. The van der Waals surface area contributed by atoms with Crippen molar-refractivity contribution in [3.8, 4) is 0 Å². The van der Waals surface area contributed by atoms with Gasteiger partial charge in [-0.25, -0.2) is 0 Å². The highest BCUT2D eigenvalue weighted by molar-refractivity contribution is 5.81. The van der Waals surface area contributed by atoms with Crippen LogP contribution in [0.25, 0.3) is 0 Å². The Labute approximate surface area is 123 Å². The highest BCUT2D eigenvalue weighted by atomic mass is 16.2. The van der Waals surface area contributed by atoms with Gasteiger partial charge in [0.05, 0.1) is 6.04 Å². The van der Waals surface area contributed by atoms with Crippen LogP contribution in [0.4, 0.5) is 0 Å². The average molecular weight is 276 g/mol. The molecule has 0 aliphatic carbocycles. The number of nitrogens with one attached hydrogen (secondary N) is 2. The van der Waals surface area contributed by atoms with E-state index in [1.165, 1.54) is 11.1 Å². The van der Waals surface area contributed by atoms with Gasteiger partial charge in [0.25, 0.3) is 0 Å². The Morgan fingerprint density at radius 2 is 1.55 bits per heavy atom. The monoisotopic (exact) mass is 276 g/mol. The molecule has 0 heterocycles. The van der Waals surface area contributed by atoms with Crippen LogP contribution < -0.4 is 10.6 Å². The Kier molecular flexibility index (Phi) is 6.73. The SMILES string of the molecule is CC(C)Cc1ccc(CNC(C)C(=O)NC(C)C)cc1. The molecule has 0 aromatic heterocycles. The molecule has 0 saturated carbocycles. The largest absolute Gasteiger partial charge is 0.353 e. The molecule has 1 atom stereocenters. The zero-order chi connectivity index (χ0) is 15.1. The zero-order valence-electron chi connectivity index (χ0n) is 13.4. The minimum Gasteiger partial charge on any atom is -0.353 e. The predicted molar refractivity (Wildman–Crippen MR) is 84.6 cm³/mol. The standard InChI is InChI=1S/C17H28N2O/c1-12(2)10-15-6-8-16(9-7-15)11-18-14(5)17(20)19-13(3)4/h6-9,12-14,18H,10-11H2,1-5H3,(H,19,20). The molecule has 112 valence electrons. The quantitative estimate of drug-likeness (QED) is 0.804. The van der Waals surface area contributed by atoms with Crippen LogP contribution in [0, 0.1) is 5.92 Å². The summed E-state index contributed by atoms with van der Waals surface area (Å²) in [6, 6.07) is 8.64. The maximum Gasteiger partial charge on any atom is 0.237 e. The second kappa shape index (κ2) is 8.05. The van der Waals surface area contributed by atoms with E-state index in [0.29, 0.717) is 12.5 Å². The Bertz CT molecular complexity index is 410. The minimum atomic E-state index is -0.173. The Balaban J connectivity index is 2.43. The lowest BCUT2D eigenvalue weighted by Crippen LogP contribution is -2.44. The van der Waals surface area contributed by atoms with Crippen molar-refractivity contribution in [2.24, 2.45) is 5.92 Å². The summed E-state index contributed by atoms with van der Waals surface area (Å²) in [6.45, 7) is 11.0. The van der Waals surface area contributed by atoms with Gasteiger partial charge in [0, 0.05) is 12.6 Å². The van der Waals surface area contributed by atoms with E-state index in [9.17, 15) is 4.79 Å². The van der Waals surface area contributed by atoms with Crippen molar-refractivity contribution in [1.82, 2.24) is 10.6 Å². The fraction of sp³-hybridized carbons (Fsp3) is 0.588. The first kappa shape index (κ1) is 16.7. The third-order valence-corrected chi connectivity index (χ3v) is 3.10. The number of carbonyl (C=O) groups excluding carboxylic acids is 1. The van der Waals surface area contributed by atoms with Gasteiger partial charge in [-0.15, -0.1) is 0 Å². The third kappa shape index (κ3) is 6.20. The van der Waals surface area contributed by atoms with Crippen molar-refractivity contribution in [3.05, 3.63) is 35.4 Å². The lowest BCUT2D eigenvalue weighted by Gasteiger charge is -2.16. The number of hydrogen-bond donors (Lipinski definition) is 2. The number of amides is 1. The summed E-state index contributed by atoms with van der Waals surface area (Å²) in [5.41, 5.74) is 2.58. The molecule has 0 spiro atoms. The fourth-order valence-corrected chi connectivity index (χ4v) is 2.04. The summed E-state index contributed by atoms with van der Waals surface area (Å²) in [5.74, 6) is 0.732. The predicted octanol–water partition coefficient (Wildman–Crippen LogP) is 2.89. The Morgan fingerprint density at radius 3 is 2.05 bits per heavy atom. The molecule has 0 saturated heterocycles. The van der Waals surface area contributed by atoms with Crippen molar-refractivity contribution < 1.29 is 4.79 Å². The van der Waals surface area contributed by atoms with Gasteiger partial charge in [-0.05, 0) is 44.2 Å². The van der Waals surface area contributed by atoms with Crippen LogP contribution in [0.3, 0.4) is 0 Å². The van der Waals surface area contributed by atoms with E-state index >= 15 is 0 Å². The highest BCUT2D eigenvalue weighted by Gasteiger charge is 2.12. The van der Waals surface area contributed by atoms with Gasteiger partial charge < -0.3 is 10.6 Å². The van der Waals surface area contributed by atoms with Gasteiger partial charge in [0.15, 0.2) is 0 Å². The number of rotatable bonds is 7. The van der Waals surface area contributed by atoms with Crippen LogP contribution in [0.1, 0.15) is 45.7 Å². The van der Waals surface area contributed by atoms with Gasteiger partial charge in [0.1, 0.15) is 0 Å². The number of hydrogen-bond acceptors (Lipinski definition) is 2. The molecular weight excluding hydrogens is 248 g/mol. The normalized spacial score (nSPS) is 12.8. The summed E-state index contributed by atoms with van der Waals surface area (Å²) >= 11 is 0. The number of benzene rings is 1. The van der Waals surface area contributed by atoms with Crippen molar-refractivity contribution in [2.75, 3.05) is 0 Å². The number of carbonyl (C=O) groups is 1. The van der Waals surface area contributed by atoms with Crippen LogP contribution in [0.15, 0.2) is 24.3 Å². The van der Waals surface area contributed by atoms with E-state index in [2.05, 4.69) is 48.7 Å². The molecular formula is C17H28N2O. The smallest absolute Gasteiger partial charge is 0.237 e. The van der Waals surface area contributed by atoms with E-state index in [0.717, 1.165) is 6.42 Å². The molecule has 3 nitrogen and oxygen atoms in total. The molecule has 0 fully saturated rings. The van der Waals surface area contributed by atoms with Gasteiger partial charge >= 0.3 is 0 Å². The Hall–Kier alpha value is -1.35. The van der Waals surface area contributed by atoms with Gasteiger partial charge in [-0.2, -0.15) is 0 Å². The molecule has 1 rings (SSSR count). The summed E-state index contributed by atoms with van der Waals surface area (Å²) < 4.78 is 0. The third-order valence-electron chi connectivity index (χ3n) is 3.10. The summed E-state index contributed by atoms with van der Waals surface area (Å²) in [7, 11) is 0. The van der Waals surface area contributed by atoms with Crippen LogP contribution in [-0.2, 0) is 17.8 Å². The first-order valence-corrected chi connectivity index (χ1v) is 7.50. The summed E-state index contributed by atoms with van der Waals surface area (Å²) in [5, 5.41) is 6.16. The summed E-state index contributed by atoms with van der Waals surface area (Å²) in [6.07, 6.45) is 1.11. The fourth-order valence-electron chi connectivity index (χ4n) is 2.04. The van der Waals surface area contributed by atoms with Crippen molar-refractivity contribution in [2.45, 2.75) is 59.7 Å². The van der Waals surface area contributed by atoms with Crippen LogP contribution in [0.2, 0.25) is 0 Å². The zero-order valence-corrected chi connectivity index (χ0v) is 13.4. The van der Waals surface area contributed by atoms with E-state index in [4.69, 9.17) is 0 Å². The second-order valence-electron chi connectivity index (χ2n) is 6.18. The first-order valence-electron chi connectivity index (χ1n) is 7.50. The molecule has 1 unspecified atom stereocenters. The molecule has 0 bridgehead atoms. The molecule has 3 heteroatoms. The first-order chi connectivity index (χ1) is 9.38. The van der Waals surface area contributed by atoms with Gasteiger partial charge in [-0.3, -0.25) is 4.79 Å². The van der Waals surface area contributed by atoms with Gasteiger partial charge in [-0.1, -0.05) is 38.1 Å². The lowest BCUT2D eigenvalue weighted by atomic mass is 10.0. The van der Waals surface area contributed by atoms with E-state index < -0.39 is 0 Å². The van der Waals surface area contributed by atoms with E-state index in [1.807, 2.05) is 20.8 Å². The molecule has 20 heavy (non-hydrogen) atoms. The average Bonchev–Trinajstić information content (AvgIpc) is 2.36. The van der Waals surface area contributed by atoms with Crippen LogP contribution >= 0.6 is 0 Å². The molecule has 1 aromatic carbocycles. The van der Waals surface area contributed by atoms with Crippen molar-refractivity contribution in [1.29, 1.82) is 0 Å². The van der Waals surface area contributed by atoms with Crippen LogP contribution in [-0.4, -0.2) is 18.0 Å². The molecule has 0 aliphatic rings. The lowest BCUT2D eigenvalue weighted by molar-refractivity contribution is -0.123. The van der Waals surface area contributed by atoms with Crippen molar-refractivity contribution >= 4 is 5.91 Å². The molecule has 0 aliphatic heterocycles. The van der Waals surface area contributed by atoms with E-state index in [-0.39, 0.29) is 18.0 Å². The maximum atomic E-state index is 11.8. The molecule has 0 radical (unpaired) electrons. The second-order valence-corrected chi connectivity index (χ2v) is 6.18. The molecule has 1 amide bonds. The highest BCUT2D eigenvalue weighted by Crippen LogP contribution is 2.09. The minimum absolute atomic E-state index is 0.0522.